The Morgan fingerprint density at radius 2 is 2.07 bits per heavy atom. The molecule has 1 saturated carbocycles. The van der Waals surface area contributed by atoms with Gasteiger partial charge in [-0.1, -0.05) is 6.07 Å². The maximum Gasteiger partial charge on any atom is 0.123 e. The Hall–Kier alpha value is -0.890. The second kappa shape index (κ2) is 3.70. The number of halogens is 1. The van der Waals surface area contributed by atoms with Crippen LogP contribution >= 0.6 is 0 Å². The van der Waals surface area contributed by atoms with Gasteiger partial charge in [0.15, 0.2) is 0 Å². The lowest BCUT2D eigenvalue weighted by atomic mass is 9.74. The average Bonchev–Trinajstić information content (AvgIpc) is 2.06. The van der Waals surface area contributed by atoms with Gasteiger partial charge in [0.25, 0.3) is 0 Å². The quantitative estimate of drug-likeness (QED) is 0.761. The molecule has 14 heavy (non-hydrogen) atoms. The summed E-state index contributed by atoms with van der Waals surface area (Å²) in [6.45, 7) is 1.99. The van der Waals surface area contributed by atoms with Crippen LogP contribution in [0, 0.1) is 12.7 Å². The Morgan fingerprint density at radius 1 is 1.36 bits per heavy atom. The molecule has 1 nitrogen and oxygen atoms in total. The fraction of sp³-hybridized carbons (Fsp3) is 0.500. The maximum absolute atomic E-state index is 12.9. The van der Waals surface area contributed by atoms with Gasteiger partial charge in [-0.3, -0.25) is 0 Å². The second-order valence-corrected chi connectivity index (χ2v) is 4.15. The first-order valence-corrected chi connectivity index (χ1v) is 5.14. The van der Waals surface area contributed by atoms with Gasteiger partial charge in [0, 0.05) is 6.04 Å². The first kappa shape index (κ1) is 9.66. The molecule has 0 aromatic heterocycles. The van der Waals surface area contributed by atoms with Crippen LogP contribution in [0.3, 0.4) is 0 Å². The van der Waals surface area contributed by atoms with Crippen LogP contribution in [0.1, 0.15) is 29.9 Å². The predicted octanol–water partition coefficient (Wildman–Crippen LogP) is 2.60. The van der Waals surface area contributed by atoms with E-state index in [-0.39, 0.29) is 5.82 Å². The van der Waals surface area contributed by atoms with Crippen LogP contribution < -0.4 is 5.32 Å². The van der Waals surface area contributed by atoms with Crippen molar-refractivity contribution in [2.24, 2.45) is 0 Å². The summed E-state index contributed by atoms with van der Waals surface area (Å²) in [5.41, 5.74) is 2.41. The summed E-state index contributed by atoms with van der Waals surface area (Å²) in [5.74, 6) is 0.504. The summed E-state index contributed by atoms with van der Waals surface area (Å²) in [6.07, 6.45) is 2.37. The molecule has 0 atom stereocenters. The van der Waals surface area contributed by atoms with Gasteiger partial charge in [-0.15, -0.1) is 0 Å². The van der Waals surface area contributed by atoms with E-state index in [1.165, 1.54) is 18.4 Å². The van der Waals surface area contributed by atoms with Crippen LogP contribution in [0.25, 0.3) is 0 Å². The largest absolute Gasteiger partial charge is 0.317 e. The Balaban J connectivity index is 2.11. The van der Waals surface area contributed by atoms with Gasteiger partial charge < -0.3 is 5.32 Å². The number of nitrogens with one attached hydrogen (secondary N) is 1. The summed E-state index contributed by atoms with van der Waals surface area (Å²) in [4.78, 5) is 0. The number of aryl methyl sites for hydroxylation is 1. The van der Waals surface area contributed by atoms with Crippen molar-refractivity contribution in [1.82, 2.24) is 5.32 Å². The Kier molecular flexibility index (Phi) is 2.55. The Morgan fingerprint density at radius 3 is 2.64 bits per heavy atom. The molecule has 1 aromatic carbocycles. The third-order valence-corrected chi connectivity index (χ3v) is 3.22. The van der Waals surface area contributed by atoms with Crippen molar-refractivity contribution in [1.29, 1.82) is 0 Å². The number of benzene rings is 1. The minimum Gasteiger partial charge on any atom is -0.317 e. The molecule has 1 N–H and O–H groups in total. The summed E-state index contributed by atoms with van der Waals surface area (Å²) >= 11 is 0. The molecular formula is C12H16FN. The summed E-state index contributed by atoms with van der Waals surface area (Å²) < 4.78 is 12.9. The van der Waals surface area contributed by atoms with Crippen molar-refractivity contribution >= 4 is 0 Å². The van der Waals surface area contributed by atoms with Crippen molar-refractivity contribution in [3.8, 4) is 0 Å². The highest BCUT2D eigenvalue weighted by molar-refractivity contribution is 5.31. The van der Waals surface area contributed by atoms with E-state index in [1.807, 2.05) is 20.0 Å². The lowest BCUT2D eigenvalue weighted by molar-refractivity contribution is 0.306. The number of hydrogen-bond donors (Lipinski definition) is 1. The van der Waals surface area contributed by atoms with Crippen LogP contribution in [-0.4, -0.2) is 13.1 Å². The van der Waals surface area contributed by atoms with Gasteiger partial charge in [-0.25, -0.2) is 4.39 Å². The summed E-state index contributed by atoms with van der Waals surface area (Å²) in [6, 6.07) is 5.78. The smallest absolute Gasteiger partial charge is 0.123 e. The van der Waals surface area contributed by atoms with Gasteiger partial charge in [0.05, 0.1) is 0 Å². The molecule has 2 rings (SSSR count). The highest BCUT2D eigenvalue weighted by Gasteiger charge is 2.29. The second-order valence-electron chi connectivity index (χ2n) is 4.15. The zero-order valence-electron chi connectivity index (χ0n) is 8.68. The van der Waals surface area contributed by atoms with E-state index in [9.17, 15) is 4.39 Å². The molecule has 0 bridgehead atoms. The fourth-order valence-electron chi connectivity index (χ4n) is 2.20. The molecule has 1 fully saturated rings. The van der Waals surface area contributed by atoms with Crippen molar-refractivity contribution < 1.29 is 4.39 Å². The first-order chi connectivity index (χ1) is 6.70. The van der Waals surface area contributed by atoms with E-state index >= 15 is 0 Å². The average molecular weight is 193 g/mol. The lowest BCUT2D eigenvalue weighted by Gasteiger charge is -2.36. The van der Waals surface area contributed by atoms with E-state index < -0.39 is 0 Å². The summed E-state index contributed by atoms with van der Waals surface area (Å²) in [7, 11) is 2.00. The van der Waals surface area contributed by atoms with Crippen LogP contribution in [0.2, 0.25) is 0 Å². The van der Waals surface area contributed by atoms with Gasteiger partial charge in [-0.2, -0.15) is 0 Å². The predicted molar refractivity (Wildman–Crippen MR) is 56.0 cm³/mol. The molecule has 1 aromatic rings. The third kappa shape index (κ3) is 1.67. The van der Waals surface area contributed by atoms with Crippen LogP contribution in [0.4, 0.5) is 4.39 Å². The molecular weight excluding hydrogens is 177 g/mol. The standard InChI is InChI=1S/C12H16FN/c1-8-5-10(13)3-4-12(8)9-6-11(7-9)14-2/h3-5,9,11,14H,6-7H2,1-2H3. The molecule has 0 spiro atoms. The summed E-state index contributed by atoms with van der Waals surface area (Å²) in [5, 5.41) is 3.26. The number of hydrogen-bond acceptors (Lipinski definition) is 1. The van der Waals surface area contributed by atoms with E-state index in [1.54, 1.807) is 12.1 Å². The van der Waals surface area contributed by atoms with E-state index in [4.69, 9.17) is 0 Å². The van der Waals surface area contributed by atoms with Gasteiger partial charge in [0.2, 0.25) is 0 Å². The van der Waals surface area contributed by atoms with Gasteiger partial charge in [0.1, 0.15) is 5.82 Å². The number of rotatable bonds is 2. The van der Waals surface area contributed by atoms with Crippen LogP contribution in [0.5, 0.6) is 0 Å². The molecule has 0 amide bonds. The van der Waals surface area contributed by atoms with Crippen molar-refractivity contribution in [3.05, 3.63) is 35.1 Å². The minimum absolute atomic E-state index is 0.129. The normalized spacial score (nSPS) is 25.9. The molecule has 0 aliphatic heterocycles. The highest BCUT2D eigenvalue weighted by atomic mass is 19.1. The zero-order valence-corrected chi connectivity index (χ0v) is 8.68. The monoisotopic (exact) mass is 193 g/mol. The lowest BCUT2D eigenvalue weighted by Crippen LogP contribution is -2.37. The van der Waals surface area contributed by atoms with E-state index in [0.717, 1.165) is 5.56 Å². The SMILES string of the molecule is CNC1CC(c2ccc(F)cc2C)C1. The van der Waals surface area contributed by atoms with E-state index in [2.05, 4.69) is 5.32 Å². The molecule has 76 valence electrons. The van der Waals surface area contributed by atoms with Crippen LogP contribution in [0.15, 0.2) is 18.2 Å². The van der Waals surface area contributed by atoms with Gasteiger partial charge >= 0.3 is 0 Å². The molecule has 2 heteroatoms. The molecule has 0 radical (unpaired) electrons. The maximum atomic E-state index is 12.9. The van der Waals surface area contributed by atoms with Crippen molar-refractivity contribution in [2.45, 2.75) is 31.7 Å². The van der Waals surface area contributed by atoms with Crippen molar-refractivity contribution in [2.75, 3.05) is 7.05 Å². The molecule has 0 heterocycles. The molecule has 1 aliphatic rings. The minimum atomic E-state index is -0.129. The van der Waals surface area contributed by atoms with Crippen molar-refractivity contribution in [3.63, 3.8) is 0 Å². The fourth-order valence-corrected chi connectivity index (χ4v) is 2.20. The molecule has 0 saturated heterocycles. The third-order valence-electron chi connectivity index (χ3n) is 3.22. The first-order valence-electron chi connectivity index (χ1n) is 5.14. The zero-order chi connectivity index (χ0) is 10.1. The Labute approximate surface area is 84.3 Å². The topological polar surface area (TPSA) is 12.0 Å². The highest BCUT2D eigenvalue weighted by Crippen LogP contribution is 2.38. The Bertz CT molecular complexity index is 329. The van der Waals surface area contributed by atoms with Crippen LogP contribution in [-0.2, 0) is 0 Å². The molecule has 1 aliphatic carbocycles. The van der Waals surface area contributed by atoms with Gasteiger partial charge in [-0.05, 0) is 56.0 Å². The molecule has 0 unspecified atom stereocenters. The van der Waals surface area contributed by atoms with E-state index in [0.29, 0.717) is 12.0 Å².